The number of halogens is 1. The van der Waals surface area contributed by atoms with E-state index in [2.05, 4.69) is 0 Å². The number of nitro groups is 1. The van der Waals surface area contributed by atoms with Crippen molar-refractivity contribution < 1.29 is 14.8 Å². The van der Waals surface area contributed by atoms with Gasteiger partial charge in [-0.05, 0) is 6.07 Å². The van der Waals surface area contributed by atoms with Gasteiger partial charge in [0.05, 0.1) is 34.7 Å². The summed E-state index contributed by atoms with van der Waals surface area (Å²) in [4.78, 5) is 22.8. The minimum Gasteiger partial charge on any atom is -0.391 e. The van der Waals surface area contributed by atoms with E-state index in [0.29, 0.717) is 5.69 Å². The zero-order valence-electron chi connectivity index (χ0n) is 8.67. The summed E-state index contributed by atoms with van der Waals surface area (Å²) in [6.45, 7) is 0.163. The smallest absolute Gasteiger partial charge is 0.271 e. The van der Waals surface area contributed by atoms with Crippen LogP contribution in [0.15, 0.2) is 18.2 Å². The number of hydrogen-bond acceptors (Lipinski definition) is 4. The monoisotopic (exact) mass is 256 g/mol. The third-order valence-electron chi connectivity index (χ3n) is 2.54. The van der Waals surface area contributed by atoms with E-state index >= 15 is 0 Å². The molecule has 1 aromatic carbocycles. The standard InChI is InChI=1S/C10H9ClN2O4/c11-8-3-6(13(16)17)1-2-9(8)12-5-7(14)4-10(12)15/h1-3,7,14H,4-5H2. The highest BCUT2D eigenvalue weighted by atomic mass is 35.5. The Bertz CT molecular complexity index is 491. The van der Waals surface area contributed by atoms with Crippen LogP contribution in [0.2, 0.25) is 5.02 Å². The number of nitro benzene ring substituents is 1. The van der Waals surface area contributed by atoms with E-state index in [4.69, 9.17) is 11.6 Å². The number of non-ortho nitro benzene ring substituents is 1. The van der Waals surface area contributed by atoms with Gasteiger partial charge in [-0.1, -0.05) is 11.6 Å². The molecular formula is C10H9ClN2O4. The second-order valence-electron chi connectivity index (χ2n) is 3.76. The third kappa shape index (κ3) is 2.22. The average molecular weight is 257 g/mol. The van der Waals surface area contributed by atoms with E-state index in [1.807, 2.05) is 0 Å². The molecule has 6 nitrogen and oxygen atoms in total. The van der Waals surface area contributed by atoms with Crippen LogP contribution in [-0.2, 0) is 4.79 Å². The summed E-state index contributed by atoms with van der Waals surface area (Å²) in [7, 11) is 0. The van der Waals surface area contributed by atoms with Gasteiger partial charge in [0.15, 0.2) is 0 Å². The predicted octanol–water partition coefficient (Wildman–Crippen LogP) is 1.35. The molecule has 1 aliphatic rings. The SMILES string of the molecule is O=C1CC(O)CN1c1ccc([N+](=O)[O-])cc1Cl. The summed E-state index contributed by atoms with van der Waals surface area (Å²) in [5.41, 5.74) is 0.254. The van der Waals surface area contributed by atoms with E-state index in [-0.39, 0.29) is 29.6 Å². The maximum absolute atomic E-state index is 11.5. The Morgan fingerprint density at radius 1 is 1.53 bits per heavy atom. The molecule has 2 rings (SSSR count). The molecule has 1 N–H and O–H groups in total. The first-order valence-electron chi connectivity index (χ1n) is 4.91. The van der Waals surface area contributed by atoms with Crippen LogP contribution in [-0.4, -0.2) is 28.6 Å². The molecule has 1 saturated heterocycles. The summed E-state index contributed by atoms with van der Waals surface area (Å²) < 4.78 is 0. The quantitative estimate of drug-likeness (QED) is 0.639. The van der Waals surface area contributed by atoms with Crippen LogP contribution in [0, 0.1) is 10.1 Å². The first kappa shape index (κ1) is 11.8. The lowest BCUT2D eigenvalue weighted by atomic mass is 10.2. The van der Waals surface area contributed by atoms with Crippen molar-refractivity contribution in [2.24, 2.45) is 0 Å². The molecule has 0 aliphatic carbocycles. The van der Waals surface area contributed by atoms with Crippen LogP contribution in [0.25, 0.3) is 0 Å². The highest BCUT2D eigenvalue weighted by Gasteiger charge is 2.30. The summed E-state index contributed by atoms with van der Waals surface area (Å²) >= 11 is 5.89. The minimum absolute atomic E-state index is 0.0489. The largest absolute Gasteiger partial charge is 0.391 e. The van der Waals surface area contributed by atoms with Gasteiger partial charge in [0.2, 0.25) is 5.91 Å². The number of nitrogens with zero attached hydrogens (tertiary/aromatic N) is 2. The van der Waals surface area contributed by atoms with Crippen molar-refractivity contribution in [1.29, 1.82) is 0 Å². The molecule has 90 valence electrons. The Morgan fingerprint density at radius 3 is 2.71 bits per heavy atom. The maximum atomic E-state index is 11.5. The third-order valence-corrected chi connectivity index (χ3v) is 2.84. The van der Waals surface area contributed by atoms with E-state index in [1.165, 1.54) is 23.1 Å². The van der Waals surface area contributed by atoms with Crippen LogP contribution >= 0.6 is 11.6 Å². The normalized spacial score (nSPS) is 19.8. The first-order chi connectivity index (χ1) is 7.99. The molecule has 1 amide bonds. The van der Waals surface area contributed by atoms with Gasteiger partial charge in [-0.2, -0.15) is 0 Å². The Hall–Kier alpha value is -1.66. The number of carbonyl (C=O) groups is 1. The Morgan fingerprint density at radius 2 is 2.24 bits per heavy atom. The molecule has 1 unspecified atom stereocenters. The number of hydrogen-bond donors (Lipinski definition) is 1. The van der Waals surface area contributed by atoms with Crippen LogP contribution in [0.5, 0.6) is 0 Å². The Kier molecular flexibility index (Phi) is 2.99. The van der Waals surface area contributed by atoms with Crippen LogP contribution < -0.4 is 4.90 Å². The number of β-amino-alcohol motifs (C(OH)–C–C–N with tert-alkyl or cyclic N) is 1. The molecule has 1 heterocycles. The van der Waals surface area contributed by atoms with Crippen LogP contribution in [0.4, 0.5) is 11.4 Å². The Labute approximate surface area is 102 Å². The van der Waals surface area contributed by atoms with Crippen LogP contribution in [0.1, 0.15) is 6.42 Å². The Balaban J connectivity index is 2.34. The summed E-state index contributed by atoms with van der Waals surface area (Å²) in [5.74, 6) is -0.242. The molecule has 0 bridgehead atoms. The van der Waals surface area contributed by atoms with Gasteiger partial charge in [-0.15, -0.1) is 0 Å². The summed E-state index contributed by atoms with van der Waals surface area (Å²) in [5, 5.41) is 20.0. The van der Waals surface area contributed by atoms with Crippen molar-refractivity contribution in [3.8, 4) is 0 Å². The fourth-order valence-corrected chi connectivity index (χ4v) is 2.03. The predicted molar refractivity (Wildman–Crippen MR) is 61.1 cm³/mol. The van der Waals surface area contributed by atoms with Gasteiger partial charge in [0.1, 0.15) is 0 Å². The number of rotatable bonds is 2. The molecule has 0 spiro atoms. The number of carbonyl (C=O) groups excluding carboxylic acids is 1. The zero-order chi connectivity index (χ0) is 12.6. The number of aliphatic hydroxyl groups excluding tert-OH is 1. The topological polar surface area (TPSA) is 83.7 Å². The van der Waals surface area contributed by atoms with Gasteiger partial charge < -0.3 is 10.0 Å². The van der Waals surface area contributed by atoms with Crippen molar-refractivity contribution in [2.45, 2.75) is 12.5 Å². The fraction of sp³-hybridized carbons (Fsp3) is 0.300. The average Bonchev–Trinajstić information content (AvgIpc) is 2.57. The van der Waals surface area contributed by atoms with E-state index in [1.54, 1.807) is 0 Å². The lowest BCUT2D eigenvalue weighted by molar-refractivity contribution is -0.384. The molecule has 7 heteroatoms. The highest BCUT2D eigenvalue weighted by Crippen LogP contribution is 2.32. The second kappa shape index (κ2) is 4.31. The molecule has 1 aliphatic heterocycles. The van der Waals surface area contributed by atoms with Gasteiger partial charge >= 0.3 is 0 Å². The van der Waals surface area contributed by atoms with E-state index in [9.17, 15) is 20.0 Å². The lowest BCUT2D eigenvalue weighted by Crippen LogP contribution is -2.25. The van der Waals surface area contributed by atoms with Crippen molar-refractivity contribution in [1.82, 2.24) is 0 Å². The zero-order valence-corrected chi connectivity index (χ0v) is 9.42. The first-order valence-corrected chi connectivity index (χ1v) is 5.29. The fourth-order valence-electron chi connectivity index (χ4n) is 1.75. The summed E-state index contributed by atoms with van der Waals surface area (Å²) in [6, 6.07) is 3.88. The molecule has 0 saturated carbocycles. The molecule has 1 fully saturated rings. The van der Waals surface area contributed by atoms with Gasteiger partial charge in [0.25, 0.3) is 5.69 Å². The van der Waals surface area contributed by atoms with E-state index < -0.39 is 11.0 Å². The van der Waals surface area contributed by atoms with Crippen molar-refractivity contribution >= 4 is 28.9 Å². The molecule has 17 heavy (non-hydrogen) atoms. The maximum Gasteiger partial charge on any atom is 0.271 e. The number of benzene rings is 1. The van der Waals surface area contributed by atoms with Gasteiger partial charge in [0, 0.05) is 12.1 Å². The molecule has 1 atom stereocenters. The second-order valence-corrected chi connectivity index (χ2v) is 4.16. The number of amides is 1. The van der Waals surface area contributed by atoms with Crippen LogP contribution in [0.3, 0.4) is 0 Å². The minimum atomic E-state index is -0.714. The van der Waals surface area contributed by atoms with Crippen molar-refractivity contribution in [3.63, 3.8) is 0 Å². The number of aliphatic hydroxyl groups is 1. The van der Waals surface area contributed by atoms with E-state index in [0.717, 1.165) is 0 Å². The van der Waals surface area contributed by atoms with Crippen molar-refractivity contribution in [2.75, 3.05) is 11.4 Å². The molecule has 1 aromatic rings. The molecule has 0 radical (unpaired) electrons. The lowest BCUT2D eigenvalue weighted by Gasteiger charge is -2.16. The van der Waals surface area contributed by atoms with Gasteiger partial charge in [-0.25, -0.2) is 0 Å². The number of anilines is 1. The highest BCUT2D eigenvalue weighted by molar-refractivity contribution is 6.34. The van der Waals surface area contributed by atoms with Crippen molar-refractivity contribution in [3.05, 3.63) is 33.3 Å². The molecule has 0 aromatic heterocycles. The molecular weight excluding hydrogens is 248 g/mol. The van der Waals surface area contributed by atoms with Gasteiger partial charge in [-0.3, -0.25) is 14.9 Å². The summed E-state index contributed by atoms with van der Waals surface area (Å²) in [6.07, 6.45) is -0.665.